The molecule has 0 bridgehead atoms. The van der Waals surface area contributed by atoms with Gasteiger partial charge in [0.15, 0.2) is 0 Å². The van der Waals surface area contributed by atoms with E-state index >= 15 is 0 Å². The van der Waals surface area contributed by atoms with E-state index in [1.165, 1.54) is 28.9 Å². The number of hydrogen-bond donors (Lipinski definition) is 3. The number of thioether (sulfide) groups is 1. The number of hydrogen-bond acceptors (Lipinski definition) is 8. The van der Waals surface area contributed by atoms with Crippen LogP contribution in [0, 0.1) is 0 Å². The molecular weight excluding hydrogens is 518 g/mol. The van der Waals surface area contributed by atoms with Crippen LogP contribution in [0.3, 0.4) is 0 Å². The molecule has 2 aliphatic heterocycles. The number of anilines is 2. The number of urea groups is 1. The second kappa shape index (κ2) is 10.4. The number of carbonyl (C=O) groups is 3. The molecule has 5 heterocycles. The summed E-state index contributed by atoms with van der Waals surface area (Å²) in [6.45, 7) is 3.50. The van der Waals surface area contributed by atoms with Crippen molar-refractivity contribution in [3.63, 3.8) is 0 Å². The average Bonchev–Trinajstić information content (AvgIpc) is 3.54. The van der Waals surface area contributed by atoms with Gasteiger partial charge in [-0.2, -0.15) is 0 Å². The summed E-state index contributed by atoms with van der Waals surface area (Å²) in [6.07, 6.45) is 8.45. The van der Waals surface area contributed by atoms with Crippen molar-refractivity contribution in [2.24, 2.45) is 0 Å². The zero-order valence-corrected chi connectivity index (χ0v) is 21.6. The van der Waals surface area contributed by atoms with Crippen molar-refractivity contribution >= 4 is 41.1 Å². The third-order valence-electron chi connectivity index (χ3n) is 6.93. The summed E-state index contributed by atoms with van der Waals surface area (Å²) in [7, 11) is 0. The molecule has 11 nitrogen and oxygen atoms in total. The minimum absolute atomic E-state index is 0.158. The van der Waals surface area contributed by atoms with Crippen molar-refractivity contribution in [1.82, 2.24) is 30.9 Å². The quantitative estimate of drug-likeness (QED) is 0.386. The Bertz CT molecular complexity index is 1440. The standard InChI is InChI=1S/C27H25N7O4S/c1-2-20(35)31-16-6-5-7-17(16)32-25(36)24-23-22-18(11-13-29-26(22)39-24)34(27(37)33-23)19-10-9-15(14-30-19)38-21-8-3-4-12-28-21/h2-4,8-14,16-17,23-24H,1,5-7H2,(H,31,35)(H,32,36)(H,33,37)/t16-,17+,23?,24?/m0/s1. The molecule has 12 heteroatoms. The summed E-state index contributed by atoms with van der Waals surface area (Å²) >= 11 is 1.32. The Kier molecular flexibility index (Phi) is 6.61. The molecular formula is C27H25N7O4S. The smallest absolute Gasteiger partial charge is 0.328 e. The minimum atomic E-state index is -0.599. The van der Waals surface area contributed by atoms with E-state index in [0.29, 0.717) is 28.2 Å². The van der Waals surface area contributed by atoms with Gasteiger partial charge in [-0.05, 0) is 49.6 Å². The van der Waals surface area contributed by atoms with Gasteiger partial charge in [0.25, 0.3) is 0 Å². The van der Waals surface area contributed by atoms with Crippen LogP contribution in [0.2, 0.25) is 0 Å². The second-order valence-electron chi connectivity index (χ2n) is 9.34. The first-order chi connectivity index (χ1) is 19.0. The summed E-state index contributed by atoms with van der Waals surface area (Å²) in [6, 6.07) is 9.22. The van der Waals surface area contributed by atoms with Crippen molar-refractivity contribution in [3.05, 3.63) is 73.2 Å². The predicted octanol–water partition coefficient (Wildman–Crippen LogP) is 3.38. The lowest BCUT2D eigenvalue weighted by molar-refractivity contribution is -0.122. The van der Waals surface area contributed by atoms with E-state index < -0.39 is 17.3 Å². The Hall–Kier alpha value is -4.45. The maximum absolute atomic E-state index is 13.4. The number of aromatic nitrogens is 3. The maximum atomic E-state index is 13.4. The van der Waals surface area contributed by atoms with Crippen molar-refractivity contribution < 1.29 is 19.1 Å². The molecule has 1 aliphatic carbocycles. The van der Waals surface area contributed by atoms with Crippen LogP contribution in [0.4, 0.5) is 16.3 Å². The molecule has 0 saturated heterocycles. The monoisotopic (exact) mass is 543 g/mol. The molecule has 2 unspecified atom stereocenters. The van der Waals surface area contributed by atoms with E-state index in [9.17, 15) is 14.4 Å². The SMILES string of the molecule is C=CC(=O)N[C@H]1CCC[C@H]1NC(=O)C1Sc2nccc3c2C1NC(=O)N3c1ccc(Oc2ccccn2)cn1. The fraction of sp³-hybridized carbons (Fsp3) is 0.259. The van der Waals surface area contributed by atoms with Crippen LogP contribution in [-0.2, 0) is 9.59 Å². The van der Waals surface area contributed by atoms with Crippen LogP contribution in [0.25, 0.3) is 0 Å². The van der Waals surface area contributed by atoms with E-state index in [-0.39, 0.29) is 23.9 Å². The first-order valence-electron chi connectivity index (χ1n) is 12.6. The predicted molar refractivity (Wildman–Crippen MR) is 144 cm³/mol. The Morgan fingerprint density at radius 1 is 1.08 bits per heavy atom. The van der Waals surface area contributed by atoms with Gasteiger partial charge < -0.3 is 20.7 Å². The number of ether oxygens (including phenoxy) is 1. The topological polar surface area (TPSA) is 138 Å². The molecule has 3 aliphatic rings. The van der Waals surface area contributed by atoms with Crippen LogP contribution in [0.15, 0.2) is 72.7 Å². The highest BCUT2D eigenvalue weighted by molar-refractivity contribution is 8.01. The van der Waals surface area contributed by atoms with Gasteiger partial charge in [-0.3, -0.25) is 9.59 Å². The Balaban J connectivity index is 1.21. The van der Waals surface area contributed by atoms with Crippen LogP contribution in [0.5, 0.6) is 11.6 Å². The third kappa shape index (κ3) is 4.78. The highest BCUT2D eigenvalue weighted by Crippen LogP contribution is 2.50. The number of amides is 4. The van der Waals surface area contributed by atoms with Crippen LogP contribution >= 0.6 is 11.8 Å². The second-order valence-corrected chi connectivity index (χ2v) is 10.5. The molecule has 0 aromatic carbocycles. The highest BCUT2D eigenvalue weighted by Gasteiger charge is 2.47. The summed E-state index contributed by atoms with van der Waals surface area (Å²) in [5, 5.41) is 9.06. The van der Waals surface area contributed by atoms with Gasteiger partial charge in [0, 0.05) is 36.1 Å². The summed E-state index contributed by atoms with van der Waals surface area (Å²) in [4.78, 5) is 53.1. The van der Waals surface area contributed by atoms with Crippen molar-refractivity contribution in [3.8, 4) is 11.6 Å². The Morgan fingerprint density at radius 3 is 2.67 bits per heavy atom. The maximum Gasteiger partial charge on any atom is 0.328 e. The number of pyridine rings is 3. The molecule has 39 heavy (non-hydrogen) atoms. The number of nitrogens with zero attached hydrogens (tertiary/aromatic N) is 4. The fourth-order valence-electron chi connectivity index (χ4n) is 5.16. The van der Waals surface area contributed by atoms with E-state index in [1.807, 2.05) is 6.07 Å². The summed E-state index contributed by atoms with van der Waals surface area (Å²) < 4.78 is 5.71. The summed E-state index contributed by atoms with van der Waals surface area (Å²) in [5.41, 5.74) is 1.40. The molecule has 4 atom stereocenters. The molecule has 3 aromatic heterocycles. The molecule has 1 fully saturated rings. The number of nitrogens with one attached hydrogen (secondary N) is 3. The lowest BCUT2D eigenvalue weighted by atomic mass is 10.00. The lowest BCUT2D eigenvalue weighted by Gasteiger charge is -2.33. The molecule has 1 saturated carbocycles. The van der Waals surface area contributed by atoms with E-state index in [1.54, 1.807) is 42.7 Å². The van der Waals surface area contributed by atoms with Crippen molar-refractivity contribution in [2.45, 2.75) is 47.7 Å². The van der Waals surface area contributed by atoms with Crippen molar-refractivity contribution in [1.29, 1.82) is 0 Å². The van der Waals surface area contributed by atoms with Gasteiger partial charge in [-0.1, -0.05) is 24.4 Å². The molecule has 3 N–H and O–H groups in total. The fourth-order valence-corrected chi connectivity index (χ4v) is 6.39. The zero-order valence-electron chi connectivity index (χ0n) is 20.7. The first-order valence-corrected chi connectivity index (χ1v) is 13.4. The Morgan fingerprint density at radius 2 is 1.92 bits per heavy atom. The molecule has 6 rings (SSSR count). The van der Waals surface area contributed by atoms with Crippen LogP contribution < -0.4 is 25.6 Å². The first kappa shape index (κ1) is 24.9. The largest absolute Gasteiger partial charge is 0.437 e. The molecule has 3 aromatic rings. The minimum Gasteiger partial charge on any atom is -0.437 e. The number of rotatable bonds is 7. The molecule has 0 radical (unpaired) electrons. The van der Waals surface area contributed by atoms with Gasteiger partial charge in [0.1, 0.15) is 21.8 Å². The van der Waals surface area contributed by atoms with Gasteiger partial charge in [-0.15, -0.1) is 0 Å². The Labute approximate surface area is 228 Å². The highest BCUT2D eigenvalue weighted by atomic mass is 32.2. The van der Waals surface area contributed by atoms with Gasteiger partial charge in [-0.25, -0.2) is 24.6 Å². The average molecular weight is 544 g/mol. The van der Waals surface area contributed by atoms with E-state index in [2.05, 4.69) is 37.5 Å². The number of carbonyl (C=O) groups excluding carboxylic acids is 3. The third-order valence-corrected chi connectivity index (χ3v) is 8.22. The van der Waals surface area contributed by atoms with E-state index in [4.69, 9.17) is 4.74 Å². The van der Waals surface area contributed by atoms with E-state index in [0.717, 1.165) is 24.8 Å². The molecule has 4 amide bonds. The van der Waals surface area contributed by atoms with Crippen LogP contribution in [0.1, 0.15) is 30.9 Å². The molecule has 198 valence electrons. The lowest BCUT2D eigenvalue weighted by Crippen LogP contribution is -2.53. The van der Waals surface area contributed by atoms with Crippen LogP contribution in [-0.4, -0.2) is 50.1 Å². The molecule has 0 spiro atoms. The normalized spacial score (nSPS) is 23.0. The van der Waals surface area contributed by atoms with Gasteiger partial charge in [0.2, 0.25) is 17.7 Å². The van der Waals surface area contributed by atoms with Gasteiger partial charge >= 0.3 is 6.03 Å². The zero-order chi connectivity index (χ0) is 26.9. The van der Waals surface area contributed by atoms with Crippen molar-refractivity contribution in [2.75, 3.05) is 4.90 Å². The summed E-state index contributed by atoms with van der Waals surface area (Å²) in [5.74, 6) is 0.849. The van der Waals surface area contributed by atoms with Gasteiger partial charge in [0.05, 0.1) is 17.9 Å².